The van der Waals surface area contributed by atoms with Crippen molar-refractivity contribution in [2.75, 3.05) is 19.7 Å². The zero-order valence-corrected chi connectivity index (χ0v) is 16.4. The molecule has 30 heavy (non-hydrogen) atoms. The smallest absolute Gasteiger partial charge is 0.416 e. The SMILES string of the molecule is O=C(COc1cccc(C(F)(F)F)c1)NCc1cccc(C(=O)N2CCCCC2)c1. The zero-order valence-electron chi connectivity index (χ0n) is 16.4. The van der Waals surface area contributed by atoms with Gasteiger partial charge in [-0.1, -0.05) is 18.2 Å². The van der Waals surface area contributed by atoms with Crippen molar-refractivity contribution < 1.29 is 27.5 Å². The maximum absolute atomic E-state index is 12.7. The van der Waals surface area contributed by atoms with Crippen molar-refractivity contribution in [3.05, 3.63) is 65.2 Å². The van der Waals surface area contributed by atoms with Crippen molar-refractivity contribution >= 4 is 11.8 Å². The van der Waals surface area contributed by atoms with Crippen LogP contribution in [0.1, 0.15) is 40.7 Å². The van der Waals surface area contributed by atoms with E-state index >= 15 is 0 Å². The topological polar surface area (TPSA) is 58.6 Å². The molecule has 0 aliphatic carbocycles. The van der Waals surface area contributed by atoms with Gasteiger partial charge in [0.2, 0.25) is 0 Å². The molecule has 0 radical (unpaired) electrons. The maximum Gasteiger partial charge on any atom is 0.416 e. The molecule has 5 nitrogen and oxygen atoms in total. The molecule has 0 atom stereocenters. The number of ether oxygens (including phenoxy) is 1. The number of alkyl halides is 3. The second-order valence-corrected chi connectivity index (χ2v) is 7.14. The monoisotopic (exact) mass is 420 g/mol. The van der Waals surface area contributed by atoms with Gasteiger partial charge in [0.05, 0.1) is 5.56 Å². The summed E-state index contributed by atoms with van der Waals surface area (Å²) in [7, 11) is 0. The van der Waals surface area contributed by atoms with E-state index in [1.54, 1.807) is 24.3 Å². The number of halogens is 3. The Bertz CT molecular complexity index is 893. The summed E-state index contributed by atoms with van der Waals surface area (Å²) in [6, 6.07) is 11.4. The number of benzene rings is 2. The fourth-order valence-corrected chi connectivity index (χ4v) is 3.26. The lowest BCUT2D eigenvalue weighted by molar-refractivity contribution is -0.137. The minimum absolute atomic E-state index is 0.0178. The zero-order chi connectivity index (χ0) is 21.6. The van der Waals surface area contributed by atoms with E-state index in [0.717, 1.165) is 50.0 Å². The molecule has 160 valence electrons. The minimum atomic E-state index is -4.47. The van der Waals surface area contributed by atoms with E-state index in [2.05, 4.69) is 5.32 Å². The van der Waals surface area contributed by atoms with E-state index in [9.17, 15) is 22.8 Å². The van der Waals surface area contributed by atoms with Crippen LogP contribution in [0.3, 0.4) is 0 Å². The molecule has 2 aromatic rings. The summed E-state index contributed by atoms with van der Waals surface area (Å²) in [5.74, 6) is -0.523. The van der Waals surface area contributed by atoms with E-state index in [-0.39, 0.29) is 18.2 Å². The van der Waals surface area contributed by atoms with E-state index in [1.807, 2.05) is 4.90 Å². The van der Waals surface area contributed by atoms with Crippen molar-refractivity contribution in [2.24, 2.45) is 0 Å². The lowest BCUT2D eigenvalue weighted by Crippen LogP contribution is -2.35. The number of rotatable bonds is 6. The molecule has 0 saturated carbocycles. The number of carbonyl (C=O) groups excluding carboxylic acids is 2. The van der Waals surface area contributed by atoms with Crippen molar-refractivity contribution in [3.8, 4) is 5.75 Å². The van der Waals surface area contributed by atoms with E-state index < -0.39 is 24.3 Å². The summed E-state index contributed by atoms with van der Waals surface area (Å²) >= 11 is 0. The first-order valence-electron chi connectivity index (χ1n) is 9.78. The standard InChI is InChI=1S/C22H23F3N2O3/c23-22(24,25)18-8-5-9-19(13-18)30-15-20(28)26-14-16-6-4-7-17(12-16)21(29)27-10-2-1-3-11-27/h4-9,12-13H,1-3,10-11,14-15H2,(H,26,28). The first-order valence-corrected chi connectivity index (χ1v) is 9.78. The Labute approximate surface area is 172 Å². The molecule has 2 amide bonds. The second kappa shape index (κ2) is 9.65. The molecule has 1 aliphatic rings. The number of hydrogen-bond acceptors (Lipinski definition) is 3. The van der Waals surface area contributed by atoms with Gasteiger partial charge in [-0.3, -0.25) is 9.59 Å². The van der Waals surface area contributed by atoms with Crippen molar-refractivity contribution in [2.45, 2.75) is 32.0 Å². The third-order valence-electron chi connectivity index (χ3n) is 4.84. The number of likely N-dealkylation sites (tertiary alicyclic amines) is 1. The highest BCUT2D eigenvalue weighted by Gasteiger charge is 2.30. The Morgan fingerprint density at radius 1 is 1.00 bits per heavy atom. The van der Waals surface area contributed by atoms with Crippen LogP contribution >= 0.6 is 0 Å². The number of nitrogens with one attached hydrogen (secondary N) is 1. The Morgan fingerprint density at radius 2 is 1.73 bits per heavy atom. The lowest BCUT2D eigenvalue weighted by atomic mass is 10.1. The fraction of sp³-hybridized carbons (Fsp3) is 0.364. The molecular formula is C22H23F3N2O3. The number of hydrogen-bond donors (Lipinski definition) is 1. The molecule has 1 fully saturated rings. The van der Waals surface area contributed by atoms with Crippen LogP contribution in [0, 0.1) is 0 Å². The normalized spacial score (nSPS) is 14.3. The van der Waals surface area contributed by atoms with Gasteiger partial charge in [-0.2, -0.15) is 13.2 Å². The van der Waals surface area contributed by atoms with Gasteiger partial charge >= 0.3 is 6.18 Å². The predicted molar refractivity (Wildman–Crippen MR) is 105 cm³/mol. The molecule has 0 spiro atoms. The van der Waals surface area contributed by atoms with Crippen LogP contribution in [-0.2, 0) is 17.5 Å². The molecule has 1 heterocycles. The van der Waals surface area contributed by atoms with Crippen LogP contribution in [0.15, 0.2) is 48.5 Å². The van der Waals surface area contributed by atoms with Gasteiger partial charge in [-0.15, -0.1) is 0 Å². The number of carbonyl (C=O) groups is 2. The number of piperidine rings is 1. The molecule has 0 aromatic heterocycles. The Kier molecular flexibility index (Phi) is 6.97. The Hall–Kier alpha value is -3.03. The number of amides is 2. The van der Waals surface area contributed by atoms with Gasteiger partial charge in [-0.05, 0) is 55.2 Å². The molecule has 3 rings (SSSR count). The average molecular weight is 420 g/mol. The quantitative estimate of drug-likeness (QED) is 0.768. The highest BCUT2D eigenvalue weighted by Crippen LogP contribution is 2.31. The molecule has 2 aromatic carbocycles. The number of nitrogens with zero attached hydrogens (tertiary/aromatic N) is 1. The first-order chi connectivity index (χ1) is 14.3. The van der Waals surface area contributed by atoms with Gasteiger partial charge in [0.15, 0.2) is 6.61 Å². The summed E-state index contributed by atoms with van der Waals surface area (Å²) in [6.07, 6.45) is -1.32. The minimum Gasteiger partial charge on any atom is -0.484 e. The van der Waals surface area contributed by atoms with Crippen LogP contribution in [0.4, 0.5) is 13.2 Å². The highest BCUT2D eigenvalue weighted by molar-refractivity contribution is 5.94. The molecule has 8 heteroatoms. The summed E-state index contributed by atoms with van der Waals surface area (Å²) in [6.45, 7) is 1.29. The van der Waals surface area contributed by atoms with E-state index in [4.69, 9.17) is 4.74 Å². The predicted octanol–water partition coefficient (Wildman–Crippen LogP) is 4.03. The molecule has 0 bridgehead atoms. The average Bonchev–Trinajstić information content (AvgIpc) is 2.76. The molecule has 1 N–H and O–H groups in total. The summed E-state index contributed by atoms with van der Waals surface area (Å²) in [5, 5.41) is 2.65. The van der Waals surface area contributed by atoms with Crippen LogP contribution in [0.2, 0.25) is 0 Å². The first kappa shape index (κ1) is 21.7. The Morgan fingerprint density at radius 3 is 2.47 bits per heavy atom. The summed E-state index contributed by atoms with van der Waals surface area (Å²) in [5.41, 5.74) is 0.490. The van der Waals surface area contributed by atoms with Gasteiger partial charge in [0, 0.05) is 25.2 Å². The molecule has 1 aliphatic heterocycles. The third-order valence-corrected chi connectivity index (χ3v) is 4.84. The van der Waals surface area contributed by atoms with Crippen LogP contribution in [0.25, 0.3) is 0 Å². The molecule has 1 saturated heterocycles. The second-order valence-electron chi connectivity index (χ2n) is 7.14. The fourth-order valence-electron chi connectivity index (χ4n) is 3.26. The third kappa shape index (κ3) is 5.98. The van der Waals surface area contributed by atoms with Gasteiger partial charge in [0.25, 0.3) is 11.8 Å². The van der Waals surface area contributed by atoms with Crippen LogP contribution < -0.4 is 10.1 Å². The molecular weight excluding hydrogens is 397 g/mol. The van der Waals surface area contributed by atoms with Gasteiger partial charge < -0.3 is 15.0 Å². The largest absolute Gasteiger partial charge is 0.484 e. The van der Waals surface area contributed by atoms with Crippen molar-refractivity contribution in [1.82, 2.24) is 10.2 Å². The summed E-state index contributed by atoms with van der Waals surface area (Å²) < 4.78 is 43.3. The Balaban J connectivity index is 1.51. The lowest BCUT2D eigenvalue weighted by Gasteiger charge is -2.26. The highest BCUT2D eigenvalue weighted by atomic mass is 19.4. The van der Waals surface area contributed by atoms with Crippen molar-refractivity contribution in [3.63, 3.8) is 0 Å². The maximum atomic E-state index is 12.7. The van der Waals surface area contributed by atoms with E-state index in [1.165, 1.54) is 12.1 Å². The van der Waals surface area contributed by atoms with Gasteiger partial charge in [0.1, 0.15) is 5.75 Å². The van der Waals surface area contributed by atoms with E-state index in [0.29, 0.717) is 5.56 Å². The van der Waals surface area contributed by atoms with Crippen LogP contribution in [-0.4, -0.2) is 36.4 Å². The van der Waals surface area contributed by atoms with Gasteiger partial charge in [-0.25, -0.2) is 0 Å². The molecule has 0 unspecified atom stereocenters. The van der Waals surface area contributed by atoms with Crippen molar-refractivity contribution in [1.29, 1.82) is 0 Å². The van der Waals surface area contributed by atoms with Crippen LogP contribution in [0.5, 0.6) is 5.75 Å². The summed E-state index contributed by atoms with van der Waals surface area (Å²) in [4.78, 5) is 26.4.